The molecule has 1 unspecified atom stereocenters. The van der Waals surface area contributed by atoms with Crippen molar-refractivity contribution in [3.63, 3.8) is 0 Å². The lowest BCUT2D eigenvalue weighted by molar-refractivity contribution is 0.257. The maximum absolute atomic E-state index is 5.78. The molecule has 1 rings (SSSR count). The molecule has 0 heterocycles. The van der Waals surface area contributed by atoms with Gasteiger partial charge in [-0.15, -0.1) is 0 Å². The van der Waals surface area contributed by atoms with Crippen LogP contribution in [0.15, 0.2) is 21.1 Å². The normalized spacial score (nSPS) is 12.3. The Bertz CT molecular complexity index is 368. The van der Waals surface area contributed by atoms with E-state index in [1.807, 2.05) is 12.1 Å². The molecule has 1 atom stereocenters. The van der Waals surface area contributed by atoms with Gasteiger partial charge in [-0.2, -0.15) is 12.6 Å². The van der Waals surface area contributed by atoms with Crippen LogP contribution in [0.4, 0.5) is 0 Å². The molecule has 0 saturated carbocycles. The molecule has 0 N–H and O–H groups in total. The highest BCUT2D eigenvalue weighted by Gasteiger charge is 2.10. The second-order valence-electron chi connectivity index (χ2n) is 3.69. The highest BCUT2D eigenvalue weighted by molar-refractivity contribution is 9.11. The lowest BCUT2D eigenvalue weighted by Gasteiger charge is -2.15. The molecule has 0 aliphatic heterocycles. The smallest absolute Gasteiger partial charge is 0.134 e. The fourth-order valence-corrected chi connectivity index (χ4v) is 2.57. The molecular weight excluding hydrogens is 368 g/mol. The lowest BCUT2D eigenvalue weighted by atomic mass is 10.1. The maximum Gasteiger partial charge on any atom is 0.134 e. The third-order valence-corrected chi connectivity index (χ3v) is 4.27. The average molecular weight is 384 g/mol. The summed E-state index contributed by atoms with van der Waals surface area (Å²) < 4.78 is 12.8. The quantitative estimate of drug-likeness (QED) is 0.726. The molecule has 0 radical (unpaired) electrons. The van der Waals surface area contributed by atoms with Gasteiger partial charge in [0, 0.05) is 5.92 Å². The Hall–Kier alpha value is 0.130. The topological polar surface area (TPSA) is 18.5 Å². The summed E-state index contributed by atoms with van der Waals surface area (Å²) >= 11 is 11.2. The van der Waals surface area contributed by atoms with E-state index in [1.165, 1.54) is 0 Å². The summed E-state index contributed by atoms with van der Waals surface area (Å²) in [6, 6.07) is 3.80. The summed E-state index contributed by atoms with van der Waals surface area (Å²) in [4.78, 5) is 0. The number of halogens is 2. The van der Waals surface area contributed by atoms with Crippen LogP contribution in [-0.4, -0.2) is 19.5 Å². The van der Waals surface area contributed by atoms with Gasteiger partial charge in [0.1, 0.15) is 11.5 Å². The monoisotopic (exact) mass is 382 g/mol. The molecule has 0 aliphatic carbocycles. The van der Waals surface area contributed by atoms with Gasteiger partial charge in [0.15, 0.2) is 0 Å². The summed E-state index contributed by atoms with van der Waals surface area (Å²) in [6.45, 7) is 2.82. The van der Waals surface area contributed by atoms with E-state index in [-0.39, 0.29) is 0 Å². The Morgan fingerprint density at radius 1 is 1.24 bits per heavy atom. The van der Waals surface area contributed by atoms with Crippen molar-refractivity contribution in [2.45, 2.75) is 13.3 Å². The predicted octanol–water partition coefficient (Wildman–Crippen LogP) is 4.56. The van der Waals surface area contributed by atoms with Gasteiger partial charge < -0.3 is 9.47 Å². The summed E-state index contributed by atoms with van der Waals surface area (Å²) in [6.07, 6.45) is 1.07. The van der Waals surface area contributed by atoms with Crippen molar-refractivity contribution in [1.29, 1.82) is 0 Å². The number of hydrogen-bond donors (Lipinski definition) is 1. The Morgan fingerprint density at radius 2 is 1.82 bits per heavy atom. The molecule has 0 spiro atoms. The van der Waals surface area contributed by atoms with Gasteiger partial charge in [0.05, 0.1) is 22.7 Å². The molecule has 2 nitrogen and oxygen atoms in total. The molecule has 0 aromatic heterocycles. The van der Waals surface area contributed by atoms with Crippen LogP contribution < -0.4 is 9.47 Å². The van der Waals surface area contributed by atoms with Crippen molar-refractivity contribution in [2.24, 2.45) is 5.92 Å². The third kappa shape index (κ3) is 4.38. The van der Waals surface area contributed by atoms with E-state index < -0.39 is 0 Å². The zero-order valence-corrected chi connectivity index (χ0v) is 13.9. The van der Waals surface area contributed by atoms with Gasteiger partial charge in [0.2, 0.25) is 0 Å². The van der Waals surface area contributed by atoms with Crippen molar-refractivity contribution in [3.8, 4) is 11.5 Å². The molecule has 0 fully saturated rings. The van der Waals surface area contributed by atoms with Crippen molar-refractivity contribution in [1.82, 2.24) is 0 Å². The minimum Gasteiger partial charge on any atom is -0.496 e. The van der Waals surface area contributed by atoms with E-state index >= 15 is 0 Å². The number of benzene rings is 1. The second-order valence-corrected chi connectivity index (χ2v) is 5.76. The Kier molecular flexibility index (Phi) is 6.74. The zero-order valence-electron chi connectivity index (χ0n) is 9.87. The minimum atomic E-state index is 0.478. The highest BCUT2D eigenvalue weighted by Crippen LogP contribution is 2.36. The Balaban J connectivity index is 2.75. The van der Waals surface area contributed by atoms with Crippen LogP contribution in [-0.2, 0) is 0 Å². The van der Waals surface area contributed by atoms with Gasteiger partial charge in [-0.1, -0.05) is 6.92 Å². The van der Waals surface area contributed by atoms with Gasteiger partial charge >= 0.3 is 0 Å². The molecule has 96 valence electrons. The Labute approximate surface area is 125 Å². The summed E-state index contributed by atoms with van der Waals surface area (Å²) in [7, 11) is 1.64. The number of hydrogen-bond acceptors (Lipinski definition) is 3. The van der Waals surface area contributed by atoms with Crippen molar-refractivity contribution < 1.29 is 9.47 Å². The van der Waals surface area contributed by atoms with E-state index in [4.69, 9.17) is 9.47 Å². The van der Waals surface area contributed by atoms with Crippen LogP contribution in [0, 0.1) is 5.92 Å². The molecule has 0 aliphatic rings. The number of thiol groups is 1. The van der Waals surface area contributed by atoms with Crippen LogP contribution in [0.1, 0.15) is 13.3 Å². The lowest BCUT2D eigenvalue weighted by Crippen LogP contribution is -2.12. The van der Waals surface area contributed by atoms with Crippen LogP contribution in [0.3, 0.4) is 0 Å². The van der Waals surface area contributed by atoms with E-state index in [9.17, 15) is 0 Å². The SMILES string of the molecule is CCC(CS)COc1cc(Br)c(OC)cc1Br. The average Bonchev–Trinajstić information content (AvgIpc) is 2.34. The first kappa shape index (κ1) is 15.2. The van der Waals surface area contributed by atoms with Gasteiger partial charge in [0.25, 0.3) is 0 Å². The minimum absolute atomic E-state index is 0.478. The Morgan fingerprint density at radius 3 is 2.35 bits per heavy atom. The molecule has 0 amide bonds. The van der Waals surface area contributed by atoms with Gasteiger partial charge in [-0.05, 0) is 56.2 Å². The van der Waals surface area contributed by atoms with Crippen LogP contribution in [0.2, 0.25) is 0 Å². The van der Waals surface area contributed by atoms with Crippen LogP contribution in [0.5, 0.6) is 11.5 Å². The standard InChI is InChI=1S/C12H16Br2O2S/c1-3-8(7-17)6-16-12-5-9(13)11(15-2)4-10(12)14/h4-5,8,17H,3,6-7H2,1-2H3. The van der Waals surface area contributed by atoms with Crippen LogP contribution >= 0.6 is 44.5 Å². The van der Waals surface area contributed by atoms with E-state index in [0.717, 1.165) is 32.6 Å². The van der Waals surface area contributed by atoms with E-state index in [0.29, 0.717) is 12.5 Å². The van der Waals surface area contributed by atoms with Crippen LogP contribution in [0.25, 0.3) is 0 Å². The maximum atomic E-state index is 5.78. The van der Waals surface area contributed by atoms with E-state index in [2.05, 4.69) is 51.4 Å². The molecule has 1 aromatic carbocycles. The second kappa shape index (κ2) is 7.54. The number of ether oxygens (including phenoxy) is 2. The van der Waals surface area contributed by atoms with Crippen molar-refractivity contribution >= 4 is 44.5 Å². The van der Waals surface area contributed by atoms with Crippen molar-refractivity contribution in [3.05, 3.63) is 21.1 Å². The van der Waals surface area contributed by atoms with Gasteiger partial charge in [-0.3, -0.25) is 0 Å². The van der Waals surface area contributed by atoms with E-state index in [1.54, 1.807) is 7.11 Å². The first-order chi connectivity index (χ1) is 8.12. The number of methoxy groups -OCH3 is 1. The molecule has 5 heteroatoms. The molecule has 17 heavy (non-hydrogen) atoms. The first-order valence-corrected chi connectivity index (χ1v) is 7.60. The molecular formula is C12H16Br2O2S. The first-order valence-electron chi connectivity index (χ1n) is 5.39. The number of rotatable bonds is 6. The third-order valence-electron chi connectivity index (χ3n) is 2.52. The summed E-state index contributed by atoms with van der Waals surface area (Å²) in [5.41, 5.74) is 0. The largest absolute Gasteiger partial charge is 0.496 e. The van der Waals surface area contributed by atoms with Gasteiger partial charge in [-0.25, -0.2) is 0 Å². The molecule has 0 bridgehead atoms. The summed E-state index contributed by atoms with van der Waals surface area (Å²) in [5, 5.41) is 0. The fraction of sp³-hybridized carbons (Fsp3) is 0.500. The highest BCUT2D eigenvalue weighted by atomic mass is 79.9. The fourth-order valence-electron chi connectivity index (χ4n) is 1.28. The zero-order chi connectivity index (χ0) is 12.8. The molecule has 0 saturated heterocycles. The predicted molar refractivity (Wildman–Crippen MR) is 81.5 cm³/mol. The summed E-state index contributed by atoms with van der Waals surface area (Å²) in [5.74, 6) is 2.92. The molecule has 1 aromatic rings. The van der Waals surface area contributed by atoms with Crippen molar-refractivity contribution in [2.75, 3.05) is 19.5 Å².